The number of carbonyl (C=O) groups excluding carboxylic acids is 1. The van der Waals surface area contributed by atoms with E-state index in [1.807, 2.05) is 24.3 Å². The Balaban J connectivity index is 1.92. The van der Waals surface area contributed by atoms with E-state index >= 15 is 0 Å². The Morgan fingerprint density at radius 2 is 1.74 bits per heavy atom. The van der Waals surface area contributed by atoms with Crippen molar-refractivity contribution in [2.24, 2.45) is 0 Å². The van der Waals surface area contributed by atoms with Crippen LogP contribution in [0.5, 0.6) is 0 Å². The highest BCUT2D eigenvalue weighted by Gasteiger charge is 2.32. The molecule has 1 N–H and O–H groups in total. The number of aromatic carboxylic acids is 1. The average molecular weight is 392 g/mol. The van der Waals surface area contributed by atoms with Crippen LogP contribution < -0.4 is 0 Å². The molecule has 1 atom stereocenters. The van der Waals surface area contributed by atoms with Crippen molar-refractivity contribution >= 4 is 39.6 Å². The third-order valence-corrected chi connectivity index (χ3v) is 5.48. The summed E-state index contributed by atoms with van der Waals surface area (Å²) in [5.41, 5.74) is 1.32. The Hall–Kier alpha value is -1.79. The number of nitrogens with zero attached hydrogens (tertiary/aromatic N) is 1. The molecule has 0 saturated carbocycles. The molecule has 6 heteroatoms. The molecule has 23 heavy (non-hydrogen) atoms. The summed E-state index contributed by atoms with van der Waals surface area (Å²) in [4.78, 5) is 26.0. The molecule has 0 aliphatic carbocycles. The molecule has 1 fully saturated rings. The number of hydrogen-bond donors (Lipinski definition) is 1. The van der Waals surface area contributed by atoms with Gasteiger partial charge in [-0.15, -0.1) is 11.8 Å². The number of hydrogen-bond acceptors (Lipinski definition) is 3. The fraction of sp³-hybridized carbons (Fsp3) is 0.176. The van der Waals surface area contributed by atoms with Gasteiger partial charge in [0.2, 0.25) is 0 Å². The molecule has 1 aliphatic heterocycles. The number of carbonyl (C=O) groups is 2. The van der Waals surface area contributed by atoms with E-state index in [-0.39, 0.29) is 22.4 Å². The Labute approximate surface area is 146 Å². The van der Waals surface area contributed by atoms with Gasteiger partial charge in [-0.1, -0.05) is 40.2 Å². The molecule has 3 rings (SSSR count). The van der Waals surface area contributed by atoms with Crippen LogP contribution in [-0.2, 0) is 0 Å². The first kappa shape index (κ1) is 16.1. The second-order valence-electron chi connectivity index (χ2n) is 5.12. The number of amides is 1. The topological polar surface area (TPSA) is 57.6 Å². The lowest BCUT2D eigenvalue weighted by atomic mass is 10.1. The highest BCUT2D eigenvalue weighted by Crippen LogP contribution is 2.39. The van der Waals surface area contributed by atoms with E-state index in [9.17, 15) is 14.7 Å². The van der Waals surface area contributed by atoms with Crippen molar-refractivity contribution in [3.8, 4) is 0 Å². The number of benzene rings is 2. The minimum atomic E-state index is -1.08. The average Bonchev–Trinajstić information content (AvgIpc) is 3.04. The quantitative estimate of drug-likeness (QED) is 0.857. The third-order valence-electron chi connectivity index (χ3n) is 3.69. The van der Waals surface area contributed by atoms with E-state index in [0.717, 1.165) is 15.8 Å². The van der Waals surface area contributed by atoms with E-state index in [2.05, 4.69) is 15.9 Å². The first-order valence-corrected chi connectivity index (χ1v) is 8.92. The van der Waals surface area contributed by atoms with Crippen LogP contribution in [-0.4, -0.2) is 34.2 Å². The molecular weight excluding hydrogens is 378 g/mol. The smallest absolute Gasteiger partial charge is 0.336 e. The first-order chi connectivity index (χ1) is 11.1. The molecule has 0 aromatic heterocycles. The van der Waals surface area contributed by atoms with Gasteiger partial charge in [-0.05, 0) is 29.8 Å². The lowest BCUT2D eigenvalue weighted by Gasteiger charge is -2.25. The largest absolute Gasteiger partial charge is 0.478 e. The number of carboxylic acids is 1. The van der Waals surface area contributed by atoms with E-state index in [4.69, 9.17) is 0 Å². The van der Waals surface area contributed by atoms with Gasteiger partial charge in [0, 0.05) is 16.8 Å². The maximum absolute atomic E-state index is 12.9. The third kappa shape index (κ3) is 3.28. The highest BCUT2D eigenvalue weighted by atomic mass is 79.9. The molecule has 2 aromatic rings. The zero-order valence-corrected chi connectivity index (χ0v) is 14.5. The van der Waals surface area contributed by atoms with Crippen LogP contribution in [0.15, 0.2) is 53.0 Å². The number of rotatable bonds is 3. The van der Waals surface area contributed by atoms with Crippen LogP contribution in [0.2, 0.25) is 0 Å². The van der Waals surface area contributed by atoms with Crippen molar-refractivity contribution in [1.82, 2.24) is 4.90 Å². The lowest BCUT2D eigenvalue weighted by molar-refractivity contribution is 0.0676. The first-order valence-electron chi connectivity index (χ1n) is 7.08. The second-order valence-corrected chi connectivity index (χ2v) is 7.23. The van der Waals surface area contributed by atoms with Crippen molar-refractivity contribution in [2.45, 2.75) is 5.37 Å². The van der Waals surface area contributed by atoms with Crippen LogP contribution in [0, 0.1) is 0 Å². The molecule has 0 bridgehead atoms. The fourth-order valence-corrected chi connectivity index (χ4v) is 4.11. The van der Waals surface area contributed by atoms with Gasteiger partial charge >= 0.3 is 5.97 Å². The summed E-state index contributed by atoms with van der Waals surface area (Å²) in [6, 6.07) is 14.2. The van der Waals surface area contributed by atoms with Gasteiger partial charge in [0.15, 0.2) is 0 Å². The summed E-state index contributed by atoms with van der Waals surface area (Å²) in [6.07, 6.45) is 0. The standard InChI is InChI=1S/C17H14BrNO3S/c18-12-7-5-11(6-8-12)16-19(9-10-23-16)15(20)13-3-1-2-4-14(13)17(21)22/h1-8,16H,9-10H2,(H,21,22). The molecule has 0 spiro atoms. The molecule has 1 heterocycles. The molecular formula is C17H14BrNO3S. The maximum Gasteiger partial charge on any atom is 0.336 e. The predicted octanol–water partition coefficient (Wildman–Crippen LogP) is 4.04. The Morgan fingerprint density at radius 3 is 2.39 bits per heavy atom. The van der Waals surface area contributed by atoms with E-state index in [1.165, 1.54) is 6.07 Å². The zero-order valence-electron chi connectivity index (χ0n) is 12.1. The molecule has 0 radical (unpaired) electrons. The Morgan fingerprint density at radius 1 is 1.09 bits per heavy atom. The van der Waals surface area contributed by atoms with Gasteiger partial charge in [0.25, 0.3) is 5.91 Å². The van der Waals surface area contributed by atoms with Crippen LogP contribution in [0.4, 0.5) is 0 Å². The van der Waals surface area contributed by atoms with Crippen LogP contribution in [0.3, 0.4) is 0 Å². The summed E-state index contributed by atoms with van der Waals surface area (Å²) >= 11 is 5.10. The normalized spacial score (nSPS) is 17.3. The number of carboxylic acid groups (broad SMARTS) is 1. The van der Waals surface area contributed by atoms with Crippen molar-refractivity contribution < 1.29 is 14.7 Å². The Bertz CT molecular complexity index is 748. The van der Waals surface area contributed by atoms with Gasteiger partial charge < -0.3 is 10.0 Å². The molecule has 1 unspecified atom stereocenters. The van der Waals surface area contributed by atoms with Gasteiger partial charge in [0.05, 0.1) is 11.1 Å². The number of thioether (sulfide) groups is 1. The zero-order chi connectivity index (χ0) is 16.4. The molecule has 4 nitrogen and oxygen atoms in total. The van der Waals surface area contributed by atoms with Gasteiger partial charge in [-0.25, -0.2) is 4.79 Å². The monoisotopic (exact) mass is 391 g/mol. The minimum Gasteiger partial charge on any atom is -0.478 e. The SMILES string of the molecule is O=C(O)c1ccccc1C(=O)N1CCSC1c1ccc(Br)cc1. The van der Waals surface area contributed by atoms with Crippen molar-refractivity contribution in [3.05, 3.63) is 69.7 Å². The van der Waals surface area contributed by atoms with E-state index < -0.39 is 5.97 Å². The molecule has 1 amide bonds. The fourth-order valence-electron chi connectivity index (χ4n) is 2.59. The molecule has 1 aliphatic rings. The summed E-state index contributed by atoms with van der Waals surface area (Å²) in [7, 11) is 0. The van der Waals surface area contributed by atoms with Crippen LogP contribution in [0.1, 0.15) is 31.7 Å². The molecule has 1 saturated heterocycles. The Kier molecular flexibility index (Phi) is 4.73. The minimum absolute atomic E-state index is 0.0453. The summed E-state index contributed by atoms with van der Waals surface area (Å²) in [5.74, 6) is -0.483. The van der Waals surface area contributed by atoms with Gasteiger partial charge in [-0.3, -0.25) is 4.79 Å². The summed E-state index contributed by atoms with van der Waals surface area (Å²) in [5, 5.41) is 9.20. The number of halogens is 1. The van der Waals surface area contributed by atoms with E-state index in [1.54, 1.807) is 34.9 Å². The summed E-state index contributed by atoms with van der Waals surface area (Å²) in [6.45, 7) is 0.609. The molecule has 118 valence electrons. The van der Waals surface area contributed by atoms with Crippen LogP contribution in [0.25, 0.3) is 0 Å². The summed E-state index contributed by atoms with van der Waals surface area (Å²) < 4.78 is 0.985. The van der Waals surface area contributed by atoms with Crippen LogP contribution >= 0.6 is 27.7 Å². The predicted molar refractivity (Wildman–Crippen MR) is 93.8 cm³/mol. The second kappa shape index (κ2) is 6.76. The maximum atomic E-state index is 12.9. The van der Waals surface area contributed by atoms with Crippen molar-refractivity contribution in [2.75, 3.05) is 12.3 Å². The van der Waals surface area contributed by atoms with Crippen molar-refractivity contribution in [3.63, 3.8) is 0 Å². The lowest BCUT2D eigenvalue weighted by Crippen LogP contribution is -2.31. The van der Waals surface area contributed by atoms with E-state index in [0.29, 0.717) is 6.54 Å². The molecule has 2 aromatic carbocycles. The van der Waals surface area contributed by atoms with Crippen molar-refractivity contribution in [1.29, 1.82) is 0 Å². The van der Waals surface area contributed by atoms with Gasteiger partial charge in [-0.2, -0.15) is 0 Å². The van der Waals surface area contributed by atoms with Gasteiger partial charge in [0.1, 0.15) is 5.37 Å². The highest BCUT2D eigenvalue weighted by molar-refractivity contribution is 9.10.